The Hall–Kier alpha value is -2.41. The van der Waals surface area contributed by atoms with Gasteiger partial charge in [-0.15, -0.1) is 11.3 Å². The minimum Gasteiger partial charge on any atom is -0.493 e. The molecule has 0 unspecified atom stereocenters. The average molecular weight is 361 g/mol. The second-order valence-electron chi connectivity index (χ2n) is 6.45. The number of ether oxygens (including phenoxy) is 1. The van der Waals surface area contributed by atoms with Gasteiger partial charge in [0.15, 0.2) is 5.13 Å². The van der Waals surface area contributed by atoms with Gasteiger partial charge in [0.25, 0.3) is 5.91 Å². The number of rotatable bonds is 6. The molecule has 2 N–H and O–H groups in total. The summed E-state index contributed by atoms with van der Waals surface area (Å²) in [5, 5.41) is 7.75. The van der Waals surface area contributed by atoms with Crippen molar-refractivity contribution in [3.63, 3.8) is 0 Å². The molecule has 0 saturated heterocycles. The highest BCUT2D eigenvalue weighted by Crippen LogP contribution is 2.26. The molecule has 1 aromatic carbocycles. The Morgan fingerprint density at radius 2 is 1.96 bits per heavy atom. The third kappa shape index (κ3) is 5.29. The molecule has 2 rings (SSSR count). The van der Waals surface area contributed by atoms with Crippen molar-refractivity contribution < 1.29 is 14.3 Å². The maximum Gasteiger partial charge on any atom is 0.255 e. The van der Waals surface area contributed by atoms with Crippen LogP contribution in [-0.4, -0.2) is 29.9 Å². The highest BCUT2D eigenvalue weighted by Gasteiger charge is 2.18. The van der Waals surface area contributed by atoms with Gasteiger partial charge in [-0.25, -0.2) is 4.98 Å². The van der Waals surface area contributed by atoms with Gasteiger partial charge in [-0.05, 0) is 19.1 Å². The number of hydrogen-bond donors (Lipinski definition) is 2. The molecule has 0 aliphatic rings. The number of carbonyl (C=O) groups is 2. The fourth-order valence-corrected chi connectivity index (χ4v) is 2.98. The van der Waals surface area contributed by atoms with Crippen molar-refractivity contribution in [1.29, 1.82) is 0 Å². The number of amides is 2. The van der Waals surface area contributed by atoms with Gasteiger partial charge in [-0.3, -0.25) is 9.59 Å². The molecule has 25 heavy (non-hydrogen) atoms. The summed E-state index contributed by atoms with van der Waals surface area (Å²) in [6.07, 6.45) is 0. The van der Waals surface area contributed by atoms with Gasteiger partial charge >= 0.3 is 0 Å². The number of anilines is 1. The molecular weight excluding hydrogens is 338 g/mol. The smallest absolute Gasteiger partial charge is 0.255 e. The minimum absolute atomic E-state index is 0.0727. The molecule has 2 aromatic rings. The molecular formula is C18H23N3O3S. The van der Waals surface area contributed by atoms with Gasteiger partial charge in [0.1, 0.15) is 5.75 Å². The lowest BCUT2D eigenvalue weighted by Gasteiger charge is -2.14. The summed E-state index contributed by atoms with van der Waals surface area (Å²) in [6, 6.07) is 6.93. The predicted molar refractivity (Wildman–Crippen MR) is 99.4 cm³/mol. The number of nitrogens with zero attached hydrogens (tertiary/aromatic N) is 1. The Labute approximate surface area is 151 Å². The minimum atomic E-state index is -0.353. The van der Waals surface area contributed by atoms with Crippen molar-refractivity contribution in [2.75, 3.05) is 18.5 Å². The van der Waals surface area contributed by atoms with E-state index in [1.807, 2.05) is 12.3 Å². The number of benzene rings is 1. The molecule has 7 heteroatoms. The molecule has 0 bridgehead atoms. The van der Waals surface area contributed by atoms with Crippen molar-refractivity contribution in [3.8, 4) is 5.75 Å². The first-order valence-corrected chi connectivity index (χ1v) is 8.95. The molecule has 0 radical (unpaired) electrons. The lowest BCUT2D eigenvalue weighted by molar-refractivity contribution is -0.115. The fraction of sp³-hybridized carbons (Fsp3) is 0.389. The Bertz CT molecular complexity index is 750. The van der Waals surface area contributed by atoms with E-state index in [2.05, 4.69) is 36.4 Å². The molecule has 0 fully saturated rings. The summed E-state index contributed by atoms with van der Waals surface area (Å²) >= 11 is 1.37. The number of para-hydroxylation sites is 1. The maximum absolute atomic E-state index is 12.2. The van der Waals surface area contributed by atoms with Crippen molar-refractivity contribution in [1.82, 2.24) is 10.3 Å². The van der Waals surface area contributed by atoms with Crippen LogP contribution in [0.4, 0.5) is 5.13 Å². The van der Waals surface area contributed by atoms with Gasteiger partial charge in [0.05, 0.1) is 24.4 Å². The lowest BCUT2D eigenvalue weighted by Crippen LogP contribution is -2.33. The summed E-state index contributed by atoms with van der Waals surface area (Å²) in [6.45, 7) is 8.35. The quantitative estimate of drug-likeness (QED) is 0.828. The van der Waals surface area contributed by atoms with E-state index in [0.29, 0.717) is 23.1 Å². The van der Waals surface area contributed by atoms with Gasteiger partial charge in [-0.2, -0.15) is 0 Å². The topological polar surface area (TPSA) is 80.3 Å². The molecule has 1 aromatic heterocycles. The molecule has 0 spiro atoms. The van der Waals surface area contributed by atoms with Crippen LogP contribution in [0.3, 0.4) is 0 Å². The van der Waals surface area contributed by atoms with Gasteiger partial charge < -0.3 is 15.4 Å². The molecule has 1 heterocycles. The molecule has 6 nitrogen and oxygen atoms in total. The SMILES string of the molecule is CCOc1ccccc1C(=O)NCC(=O)Nc1nc(C(C)(C)C)cs1. The number of nitrogens with one attached hydrogen (secondary N) is 2. The molecule has 134 valence electrons. The zero-order valence-corrected chi connectivity index (χ0v) is 15.7. The molecule has 2 amide bonds. The number of carbonyl (C=O) groups excluding carboxylic acids is 2. The summed E-state index contributed by atoms with van der Waals surface area (Å²) in [7, 11) is 0. The predicted octanol–water partition coefficient (Wildman–Crippen LogP) is 3.21. The van der Waals surface area contributed by atoms with Crippen molar-refractivity contribution in [3.05, 3.63) is 40.9 Å². The highest BCUT2D eigenvalue weighted by molar-refractivity contribution is 7.13. The molecule has 0 aliphatic carbocycles. The van der Waals surface area contributed by atoms with E-state index >= 15 is 0 Å². The number of thiazole rings is 1. The van der Waals surface area contributed by atoms with E-state index in [0.717, 1.165) is 5.69 Å². The Morgan fingerprint density at radius 1 is 1.24 bits per heavy atom. The first-order valence-electron chi connectivity index (χ1n) is 8.07. The van der Waals surface area contributed by atoms with Crippen LogP contribution >= 0.6 is 11.3 Å². The van der Waals surface area contributed by atoms with Crippen LogP contribution < -0.4 is 15.4 Å². The van der Waals surface area contributed by atoms with E-state index in [1.54, 1.807) is 24.3 Å². The zero-order chi connectivity index (χ0) is 18.4. The summed E-state index contributed by atoms with van der Waals surface area (Å²) in [5.74, 6) is -0.177. The number of hydrogen-bond acceptors (Lipinski definition) is 5. The molecule has 0 saturated carbocycles. The average Bonchev–Trinajstić information content (AvgIpc) is 3.02. The van der Waals surface area contributed by atoms with Crippen LogP contribution in [0.15, 0.2) is 29.6 Å². The number of aromatic nitrogens is 1. The zero-order valence-electron chi connectivity index (χ0n) is 14.9. The van der Waals surface area contributed by atoms with Crippen LogP contribution in [0.5, 0.6) is 5.75 Å². The van der Waals surface area contributed by atoms with Crippen molar-refractivity contribution >= 4 is 28.3 Å². The van der Waals surface area contributed by atoms with Gasteiger partial charge in [0, 0.05) is 10.8 Å². The fourth-order valence-electron chi connectivity index (χ4n) is 2.03. The standard InChI is InChI=1S/C18H23N3O3S/c1-5-24-13-9-7-6-8-12(13)16(23)19-10-15(22)21-17-20-14(11-25-17)18(2,3)4/h6-9,11H,5,10H2,1-4H3,(H,19,23)(H,20,21,22). The van der Waals surface area contributed by atoms with E-state index in [-0.39, 0.29) is 23.8 Å². The second-order valence-corrected chi connectivity index (χ2v) is 7.31. The first kappa shape index (κ1) is 18.9. The third-order valence-corrected chi connectivity index (χ3v) is 4.12. The van der Waals surface area contributed by atoms with Crippen LogP contribution in [-0.2, 0) is 10.2 Å². The van der Waals surface area contributed by atoms with E-state index in [1.165, 1.54) is 11.3 Å². The maximum atomic E-state index is 12.2. The summed E-state index contributed by atoms with van der Waals surface area (Å²) in [4.78, 5) is 28.7. The molecule has 0 aliphatic heterocycles. The Balaban J connectivity index is 1.92. The largest absolute Gasteiger partial charge is 0.493 e. The lowest BCUT2D eigenvalue weighted by atomic mass is 9.93. The van der Waals surface area contributed by atoms with Crippen LogP contribution in [0.25, 0.3) is 0 Å². The summed E-state index contributed by atoms with van der Waals surface area (Å²) < 4.78 is 5.43. The second kappa shape index (κ2) is 8.11. The highest BCUT2D eigenvalue weighted by atomic mass is 32.1. The van der Waals surface area contributed by atoms with E-state index in [9.17, 15) is 9.59 Å². The van der Waals surface area contributed by atoms with E-state index < -0.39 is 0 Å². The normalized spacial score (nSPS) is 11.0. The van der Waals surface area contributed by atoms with Gasteiger partial charge in [0.2, 0.25) is 5.91 Å². The van der Waals surface area contributed by atoms with Crippen molar-refractivity contribution in [2.45, 2.75) is 33.1 Å². The molecule has 0 atom stereocenters. The third-order valence-electron chi connectivity index (χ3n) is 3.36. The van der Waals surface area contributed by atoms with Crippen molar-refractivity contribution in [2.24, 2.45) is 0 Å². The van der Waals surface area contributed by atoms with Crippen LogP contribution in [0, 0.1) is 0 Å². The Kier molecular flexibility index (Phi) is 6.14. The van der Waals surface area contributed by atoms with Crippen LogP contribution in [0.1, 0.15) is 43.7 Å². The first-order chi connectivity index (χ1) is 11.8. The monoisotopic (exact) mass is 361 g/mol. The Morgan fingerprint density at radius 3 is 2.60 bits per heavy atom. The van der Waals surface area contributed by atoms with Gasteiger partial charge in [-0.1, -0.05) is 32.9 Å². The summed E-state index contributed by atoms with van der Waals surface area (Å²) in [5.41, 5.74) is 1.25. The van der Waals surface area contributed by atoms with E-state index in [4.69, 9.17) is 4.74 Å². The van der Waals surface area contributed by atoms with Crippen LogP contribution in [0.2, 0.25) is 0 Å².